The van der Waals surface area contributed by atoms with Crippen LogP contribution in [-0.2, 0) is 16.4 Å². The molecule has 1 aliphatic carbocycles. The molecule has 2 atom stereocenters. The van der Waals surface area contributed by atoms with Gasteiger partial charge in [-0.3, -0.25) is 0 Å². The number of sulfone groups is 1. The van der Waals surface area contributed by atoms with Crippen molar-refractivity contribution in [3.63, 3.8) is 0 Å². The molecular weight excluding hydrogens is 525 g/mol. The van der Waals surface area contributed by atoms with Crippen LogP contribution in [0.3, 0.4) is 0 Å². The summed E-state index contributed by atoms with van der Waals surface area (Å²) in [5, 5.41) is 32.0. The Kier molecular flexibility index (Phi) is 7.64. The van der Waals surface area contributed by atoms with Gasteiger partial charge in [-0.15, -0.1) is 5.10 Å². The van der Waals surface area contributed by atoms with E-state index in [1.165, 1.54) is 11.0 Å². The maximum absolute atomic E-state index is 15.4. The molecule has 0 saturated heterocycles. The summed E-state index contributed by atoms with van der Waals surface area (Å²) in [6.07, 6.45) is 3.96. The topological polar surface area (TPSA) is 155 Å². The fourth-order valence-electron chi connectivity index (χ4n) is 5.54. The van der Waals surface area contributed by atoms with Crippen molar-refractivity contribution in [2.24, 2.45) is 5.73 Å². The van der Waals surface area contributed by atoms with Gasteiger partial charge in [0.1, 0.15) is 12.0 Å². The highest BCUT2D eigenvalue weighted by molar-refractivity contribution is 7.91. The third kappa shape index (κ3) is 5.65. The first-order valence-corrected chi connectivity index (χ1v) is 14.8. The Labute approximate surface area is 227 Å². The summed E-state index contributed by atoms with van der Waals surface area (Å²) in [4.78, 5) is 1.20. The molecule has 5 N–H and O–H groups in total. The molecule has 2 aromatic carbocycles. The molecule has 1 saturated carbocycles. The van der Waals surface area contributed by atoms with Gasteiger partial charge in [-0.05, 0) is 43.9 Å². The Morgan fingerprint density at radius 2 is 1.90 bits per heavy atom. The number of aryl methyl sites for hydroxylation is 1. The van der Waals surface area contributed by atoms with Crippen LogP contribution in [0, 0.1) is 12.7 Å². The molecule has 0 radical (unpaired) electrons. The standard InChI is InChI=1S/C27H34FN5O5S/c1-17-5-7-18(8-6-17)15-33-22-13-19(20(28)14-23(22)39(36,37)16-21(29)25(33)35)24-31-32-26(38-24)30-27(11-12-34)9-3-2-4-10-27/h5-8,13-14,21,25,34-35H,2-4,9-12,15-16,29H2,1H3,(H,30,32)/t21-,25?/m0/s1. The average molecular weight is 560 g/mol. The molecular formula is C27H34FN5O5S. The van der Waals surface area contributed by atoms with Gasteiger partial charge < -0.3 is 30.6 Å². The van der Waals surface area contributed by atoms with Crippen LogP contribution < -0.4 is 16.0 Å². The monoisotopic (exact) mass is 559 g/mol. The summed E-state index contributed by atoms with van der Waals surface area (Å²) in [5.74, 6) is -1.52. The van der Waals surface area contributed by atoms with Gasteiger partial charge in [-0.25, -0.2) is 12.8 Å². The van der Waals surface area contributed by atoms with Gasteiger partial charge in [0.25, 0.3) is 5.89 Å². The lowest BCUT2D eigenvalue weighted by molar-refractivity contribution is 0.145. The van der Waals surface area contributed by atoms with Crippen molar-refractivity contribution < 1.29 is 27.4 Å². The van der Waals surface area contributed by atoms with Gasteiger partial charge in [0.2, 0.25) is 0 Å². The van der Waals surface area contributed by atoms with Gasteiger partial charge in [-0.1, -0.05) is 54.2 Å². The van der Waals surface area contributed by atoms with Crippen molar-refractivity contribution in [3.05, 3.63) is 53.3 Å². The number of aliphatic hydroxyl groups is 2. The number of hydrogen-bond acceptors (Lipinski definition) is 10. The molecule has 2 aliphatic rings. The maximum atomic E-state index is 15.4. The van der Waals surface area contributed by atoms with Crippen LogP contribution in [-0.4, -0.2) is 59.0 Å². The molecule has 2 heterocycles. The molecule has 0 bridgehead atoms. The highest BCUT2D eigenvalue weighted by Crippen LogP contribution is 2.39. The number of benzene rings is 2. The van der Waals surface area contributed by atoms with Crippen molar-refractivity contribution in [2.75, 3.05) is 22.6 Å². The first-order valence-electron chi connectivity index (χ1n) is 13.2. The van der Waals surface area contributed by atoms with Crippen molar-refractivity contribution >= 4 is 21.5 Å². The maximum Gasteiger partial charge on any atom is 0.316 e. The fourth-order valence-corrected chi connectivity index (χ4v) is 7.18. The second-order valence-electron chi connectivity index (χ2n) is 10.6. The quantitative estimate of drug-likeness (QED) is 0.339. The third-order valence-electron chi connectivity index (χ3n) is 7.71. The van der Waals surface area contributed by atoms with E-state index in [4.69, 9.17) is 10.2 Å². The molecule has 0 amide bonds. The second kappa shape index (κ2) is 10.8. The predicted octanol–water partition coefficient (Wildman–Crippen LogP) is 3.12. The minimum absolute atomic E-state index is 0.00317. The van der Waals surface area contributed by atoms with Crippen LogP contribution in [0.15, 0.2) is 45.7 Å². The molecule has 210 valence electrons. The molecule has 1 aliphatic heterocycles. The molecule has 5 rings (SSSR count). The molecule has 0 spiro atoms. The van der Waals surface area contributed by atoms with Gasteiger partial charge in [0.15, 0.2) is 9.84 Å². The molecule has 10 nitrogen and oxygen atoms in total. The van der Waals surface area contributed by atoms with Gasteiger partial charge in [-0.2, -0.15) is 0 Å². The number of halogens is 1. The number of fused-ring (bicyclic) bond motifs is 1. The highest BCUT2D eigenvalue weighted by Gasteiger charge is 2.38. The van der Waals surface area contributed by atoms with Crippen molar-refractivity contribution in [2.45, 2.75) is 74.7 Å². The summed E-state index contributed by atoms with van der Waals surface area (Å²) in [7, 11) is -4.01. The van der Waals surface area contributed by atoms with E-state index in [2.05, 4.69) is 15.5 Å². The number of nitrogens with two attached hydrogens (primary N) is 1. The summed E-state index contributed by atoms with van der Waals surface area (Å²) in [5.41, 5.74) is 7.57. The van der Waals surface area contributed by atoms with Crippen LogP contribution in [0.2, 0.25) is 0 Å². The van der Waals surface area contributed by atoms with E-state index in [9.17, 15) is 18.6 Å². The van der Waals surface area contributed by atoms with Gasteiger partial charge in [0.05, 0.1) is 27.9 Å². The number of nitrogens with one attached hydrogen (secondary N) is 1. The SMILES string of the molecule is Cc1ccc(CN2c3cc(-c4nnc(NC5(CCO)CCCCC5)o4)c(F)cc3S(=O)(=O)C[C@H](N)C2O)cc1. The summed E-state index contributed by atoms with van der Waals surface area (Å²) in [6.45, 7) is 2.09. The lowest BCUT2D eigenvalue weighted by Crippen LogP contribution is -2.49. The minimum atomic E-state index is -4.01. The van der Waals surface area contributed by atoms with Crippen LogP contribution in [0.1, 0.15) is 49.7 Å². The minimum Gasteiger partial charge on any atom is -0.403 e. The zero-order chi connectivity index (χ0) is 27.8. The average Bonchev–Trinajstić information content (AvgIpc) is 3.33. The van der Waals surface area contributed by atoms with E-state index in [0.717, 1.165) is 49.3 Å². The van der Waals surface area contributed by atoms with E-state index in [0.29, 0.717) is 6.42 Å². The largest absolute Gasteiger partial charge is 0.403 e. The van der Waals surface area contributed by atoms with Crippen LogP contribution in [0.25, 0.3) is 11.5 Å². The molecule has 3 aromatic rings. The van der Waals surface area contributed by atoms with E-state index < -0.39 is 33.7 Å². The summed E-state index contributed by atoms with van der Waals surface area (Å²) >= 11 is 0. The second-order valence-corrected chi connectivity index (χ2v) is 12.6. The number of anilines is 2. The van der Waals surface area contributed by atoms with Gasteiger partial charge in [0, 0.05) is 18.7 Å². The Morgan fingerprint density at radius 1 is 1.18 bits per heavy atom. The zero-order valence-corrected chi connectivity index (χ0v) is 22.6. The lowest BCUT2D eigenvalue weighted by Gasteiger charge is -2.37. The molecule has 39 heavy (non-hydrogen) atoms. The first kappa shape index (κ1) is 27.5. The zero-order valence-electron chi connectivity index (χ0n) is 21.8. The van der Waals surface area contributed by atoms with Gasteiger partial charge >= 0.3 is 6.01 Å². The molecule has 12 heteroatoms. The summed E-state index contributed by atoms with van der Waals surface area (Å²) < 4.78 is 47.5. The lowest BCUT2D eigenvalue weighted by atomic mass is 9.79. The van der Waals surface area contributed by atoms with E-state index in [-0.39, 0.29) is 46.7 Å². The molecule has 1 aromatic heterocycles. The third-order valence-corrected chi connectivity index (χ3v) is 9.53. The van der Waals surface area contributed by atoms with Crippen molar-refractivity contribution in [3.8, 4) is 11.5 Å². The van der Waals surface area contributed by atoms with E-state index in [1.54, 1.807) is 0 Å². The number of nitrogens with zero attached hydrogens (tertiary/aromatic N) is 3. The number of aromatic nitrogens is 2. The van der Waals surface area contributed by atoms with Crippen molar-refractivity contribution in [1.82, 2.24) is 10.2 Å². The molecule has 1 unspecified atom stereocenters. The van der Waals surface area contributed by atoms with Crippen molar-refractivity contribution in [1.29, 1.82) is 0 Å². The molecule has 1 fully saturated rings. The normalized spacial score (nSPS) is 22.2. The Morgan fingerprint density at radius 3 is 2.59 bits per heavy atom. The number of aliphatic hydroxyl groups excluding tert-OH is 2. The van der Waals surface area contributed by atoms with E-state index in [1.807, 2.05) is 31.2 Å². The van der Waals surface area contributed by atoms with Crippen LogP contribution in [0.4, 0.5) is 16.1 Å². The Balaban J connectivity index is 1.54. The Bertz CT molecular complexity index is 1420. The predicted molar refractivity (Wildman–Crippen MR) is 144 cm³/mol. The number of hydrogen-bond donors (Lipinski definition) is 4. The number of rotatable bonds is 7. The fraction of sp³-hybridized carbons (Fsp3) is 0.481. The van der Waals surface area contributed by atoms with Crippen LogP contribution in [0.5, 0.6) is 0 Å². The Hall–Kier alpha value is -3.06. The van der Waals surface area contributed by atoms with E-state index >= 15 is 4.39 Å². The van der Waals surface area contributed by atoms with Crippen LogP contribution >= 0.6 is 0 Å². The summed E-state index contributed by atoms with van der Waals surface area (Å²) in [6, 6.07) is 8.81. The highest BCUT2D eigenvalue weighted by atomic mass is 32.2. The first-order chi connectivity index (χ1) is 18.6. The smallest absolute Gasteiger partial charge is 0.316 e.